The molecule has 0 atom stereocenters. The molecule has 3 rings (SSSR count). The van der Waals surface area contributed by atoms with Crippen LogP contribution in [-0.2, 0) is 11.3 Å². The fraction of sp³-hybridized carbons (Fsp3) is 0.167. The third-order valence-corrected chi connectivity index (χ3v) is 3.42. The number of esters is 1. The van der Waals surface area contributed by atoms with E-state index in [1.807, 2.05) is 37.3 Å². The molecule has 2 heterocycles. The summed E-state index contributed by atoms with van der Waals surface area (Å²) in [6, 6.07) is 14.9. The first kappa shape index (κ1) is 15.0. The average Bonchev–Trinajstić information content (AvgIpc) is 3.02. The molecular formula is C18H16N2O3. The average molecular weight is 308 g/mol. The van der Waals surface area contributed by atoms with E-state index >= 15 is 0 Å². The molecule has 0 aliphatic heterocycles. The molecule has 0 aliphatic rings. The van der Waals surface area contributed by atoms with Gasteiger partial charge in [-0.25, -0.2) is 4.79 Å². The van der Waals surface area contributed by atoms with Gasteiger partial charge in [0.1, 0.15) is 5.69 Å². The Morgan fingerprint density at radius 3 is 2.65 bits per heavy atom. The summed E-state index contributed by atoms with van der Waals surface area (Å²) in [5.74, 6) is 0.0718. The Bertz CT molecular complexity index is 825. The summed E-state index contributed by atoms with van der Waals surface area (Å²) in [7, 11) is 0. The van der Waals surface area contributed by atoms with E-state index in [2.05, 4.69) is 10.1 Å². The highest BCUT2D eigenvalue weighted by Gasteiger charge is 2.13. The standard InChI is InChI=1S/C18H16N2O3/c1-12-8-9-16(13(2)19-12)18(21)22-11-15-10-17(20-23-15)14-6-4-3-5-7-14/h3-10H,11H2,1-2H3. The molecule has 0 bridgehead atoms. The van der Waals surface area contributed by atoms with Crippen LogP contribution in [0.4, 0.5) is 0 Å². The van der Waals surface area contributed by atoms with E-state index in [1.165, 1.54) is 0 Å². The molecule has 0 saturated heterocycles. The summed E-state index contributed by atoms with van der Waals surface area (Å²) < 4.78 is 10.5. The van der Waals surface area contributed by atoms with Crippen molar-refractivity contribution in [1.82, 2.24) is 10.1 Å². The zero-order chi connectivity index (χ0) is 16.2. The van der Waals surface area contributed by atoms with E-state index in [4.69, 9.17) is 9.26 Å². The lowest BCUT2D eigenvalue weighted by Crippen LogP contribution is -2.08. The first-order valence-corrected chi connectivity index (χ1v) is 7.26. The van der Waals surface area contributed by atoms with Gasteiger partial charge in [-0.2, -0.15) is 0 Å². The van der Waals surface area contributed by atoms with Gasteiger partial charge in [0.15, 0.2) is 12.4 Å². The Kier molecular flexibility index (Phi) is 4.19. The second kappa shape index (κ2) is 6.44. The van der Waals surface area contributed by atoms with Crippen LogP contribution in [0.2, 0.25) is 0 Å². The highest BCUT2D eigenvalue weighted by atomic mass is 16.5. The van der Waals surface area contributed by atoms with Crippen molar-refractivity contribution in [1.29, 1.82) is 0 Å². The molecule has 0 fully saturated rings. The van der Waals surface area contributed by atoms with Crippen molar-refractivity contribution in [3.8, 4) is 11.3 Å². The molecule has 5 heteroatoms. The van der Waals surface area contributed by atoms with Crippen LogP contribution in [-0.4, -0.2) is 16.1 Å². The molecule has 0 aliphatic carbocycles. The van der Waals surface area contributed by atoms with E-state index < -0.39 is 5.97 Å². The summed E-state index contributed by atoms with van der Waals surface area (Å²) in [5, 5.41) is 3.99. The Morgan fingerprint density at radius 2 is 1.91 bits per heavy atom. The Hall–Kier alpha value is -2.95. The van der Waals surface area contributed by atoms with Crippen LogP contribution in [0.15, 0.2) is 53.1 Å². The minimum Gasteiger partial charge on any atom is -0.454 e. The third kappa shape index (κ3) is 3.45. The number of benzene rings is 1. The number of carbonyl (C=O) groups excluding carboxylic acids is 1. The highest BCUT2D eigenvalue weighted by molar-refractivity contribution is 5.90. The number of aryl methyl sites for hydroxylation is 2. The number of aromatic nitrogens is 2. The van der Waals surface area contributed by atoms with Crippen LogP contribution in [0.5, 0.6) is 0 Å². The molecule has 0 saturated carbocycles. The monoisotopic (exact) mass is 308 g/mol. The SMILES string of the molecule is Cc1ccc(C(=O)OCc2cc(-c3ccccc3)no2)c(C)n1. The maximum atomic E-state index is 12.1. The number of ether oxygens (including phenoxy) is 1. The molecule has 23 heavy (non-hydrogen) atoms. The van der Waals surface area contributed by atoms with Crippen molar-refractivity contribution in [2.45, 2.75) is 20.5 Å². The zero-order valence-corrected chi connectivity index (χ0v) is 12.9. The topological polar surface area (TPSA) is 65.2 Å². The second-order valence-corrected chi connectivity index (χ2v) is 5.21. The summed E-state index contributed by atoms with van der Waals surface area (Å²) in [6.07, 6.45) is 0. The van der Waals surface area contributed by atoms with Crippen molar-refractivity contribution >= 4 is 5.97 Å². The number of carbonyl (C=O) groups is 1. The minimum atomic E-state index is -0.423. The van der Waals surface area contributed by atoms with Gasteiger partial charge in [0.25, 0.3) is 0 Å². The molecule has 0 unspecified atom stereocenters. The fourth-order valence-corrected chi connectivity index (χ4v) is 2.24. The van der Waals surface area contributed by atoms with Gasteiger partial charge in [0, 0.05) is 17.3 Å². The van der Waals surface area contributed by atoms with Crippen LogP contribution >= 0.6 is 0 Å². The Morgan fingerprint density at radius 1 is 1.13 bits per heavy atom. The van der Waals surface area contributed by atoms with E-state index in [1.54, 1.807) is 25.1 Å². The molecule has 1 aromatic carbocycles. The lowest BCUT2D eigenvalue weighted by molar-refractivity contribution is 0.0436. The van der Waals surface area contributed by atoms with Crippen molar-refractivity contribution in [2.75, 3.05) is 0 Å². The van der Waals surface area contributed by atoms with Crippen LogP contribution in [0.25, 0.3) is 11.3 Å². The van der Waals surface area contributed by atoms with Gasteiger partial charge in [-0.05, 0) is 26.0 Å². The molecule has 0 spiro atoms. The quantitative estimate of drug-likeness (QED) is 0.687. The lowest BCUT2D eigenvalue weighted by Gasteiger charge is -2.05. The van der Waals surface area contributed by atoms with Gasteiger partial charge in [-0.3, -0.25) is 4.98 Å². The Labute approximate surface area is 133 Å². The van der Waals surface area contributed by atoms with Gasteiger partial charge >= 0.3 is 5.97 Å². The van der Waals surface area contributed by atoms with Crippen LogP contribution in [0.3, 0.4) is 0 Å². The van der Waals surface area contributed by atoms with E-state index in [0.29, 0.717) is 22.7 Å². The van der Waals surface area contributed by atoms with Crippen molar-refractivity contribution in [3.05, 3.63) is 71.2 Å². The normalized spacial score (nSPS) is 10.5. The first-order chi connectivity index (χ1) is 11.1. The molecule has 0 radical (unpaired) electrons. The van der Waals surface area contributed by atoms with Gasteiger partial charge in [0.05, 0.1) is 11.3 Å². The molecule has 0 amide bonds. The molecular weight excluding hydrogens is 292 g/mol. The van der Waals surface area contributed by atoms with Gasteiger partial charge in [-0.1, -0.05) is 35.5 Å². The third-order valence-electron chi connectivity index (χ3n) is 3.42. The number of nitrogens with zero attached hydrogens (tertiary/aromatic N) is 2. The molecule has 5 nitrogen and oxygen atoms in total. The number of pyridine rings is 1. The van der Waals surface area contributed by atoms with E-state index in [0.717, 1.165) is 11.3 Å². The smallest absolute Gasteiger partial charge is 0.340 e. The maximum absolute atomic E-state index is 12.1. The molecule has 2 aromatic heterocycles. The highest BCUT2D eigenvalue weighted by Crippen LogP contribution is 2.19. The summed E-state index contributed by atoms with van der Waals surface area (Å²) >= 11 is 0. The van der Waals surface area contributed by atoms with Crippen molar-refractivity contribution in [2.24, 2.45) is 0 Å². The summed E-state index contributed by atoms with van der Waals surface area (Å²) in [4.78, 5) is 16.4. The molecule has 116 valence electrons. The number of hydrogen-bond acceptors (Lipinski definition) is 5. The lowest BCUT2D eigenvalue weighted by atomic mass is 10.1. The number of hydrogen-bond donors (Lipinski definition) is 0. The van der Waals surface area contributed by atoms with Crippen molar-refractivity contribution in [3.63, 3.8) is 0 Å². The summed E-state index contributed by atoms with van der Waals surface area (Å²) in [5.41, 5.74) is 3.63. The van der Waals surface area contributed by atoms with Crippen LogP contribution in [0, 0.1) is 13.8 Å². The molecule has 0 N–H and O–H groups in total. The predicted octanol–water partition coefficient (Wildman–Crippen LogP) is 3.71. The van der Waals surface area contributed by atoms with E-state index in [-0.39, 0.29) is 6.61 Å². The van der Waals surface area contributed by atoms with Gasteiger partial charge in [-0.15, -0.1) is 0 Å². The van der Waals surface area contributed by atoms with Crippen LogP contribution in [0.1, 0.15) is 27.5 Å². The molecule has 3 aromatic rings. The van der Waals surface area contributed by atoms with Gasteiger partial charge < -0.3 is 9.26 Å². The number of rotatable bonds is 4. The zero-order valence-electron chi connectivity index (χ0n) is 12.9. The summed E-state index contributed by atoms with van der Waals surface area (Å²) in [6.45, 7) is 3.69. The van der Waals surface area contributed by atoms with Crippen molar-refractivity contribution < 1.29 is 14.1 Å². The fourth-order valence-electron chi connectivity index (χ4n) is 2.24. The maximum Gasteiger partial charge on any atom is 0.340 e. The predicted molar refractivity (Wildman–Crippen MR) is 84.8 cm³/mol. The van der Waals surface area contributed by atoms with E-state index in [9.17, 15) is 4.79 Å². The minimum absolute atomic E-state index is 0.0337. The largest absolute Gasteiger partial charge is 0.454 e. The Balaban J connectivity index is 1.67. The van der Waals surface area contributed by atoms with Gasteiger partial charge in [0.2, 0.25) is 0 Å². The van der Waals surface area contributed by atoms with Crippen LogP contribution < -0.4 is 0 Å². The second-order valence-electron chi connectivity index (χ2n) is 5.21. The first-order valence-electron chi connectivity index (χ1n) is 7.26.